The smallest absolute Gasteiger partial charge is 0.128 e. The second kappa shape index (κ2) is 7.11. The van der Waals surface area contributed by atoms with Gasteiger partial charge < -0.3 is 10.1 Å². The first-order valence-corrected chi connectivity index (χ1v) is 7.26. The molecule has 0 saturated carbocycles. The van der Waals surface area contributed by atoms with Crippen molar-refractivity contribution in [2.24, 2.45) is 5.92 Å². The zero-order valence-electron chi connectivity index (χ0n) is 12.8. The molecular formula is C18H22FNO. The summed E-state index contributed by atoms with van der Waals surface area (Å²) in [6, 6.07) is 12.9. The van der Waals surface area contributed by atoms with Crippen molar-refractivity contribution < 1.29 is 9.13 Å². The van der Waals surface area contributed by atoms with Crippen molar-refractivity contribution in [3.05, 3.63) is 59.4 Å². The third kappa shape index (κ3) is 4.78. The molecule has 0 spiro atoms. The fraction of sp³-hybridized carbons (Fsp3) is 0.333. The van der Waals surface area contributed by atoms with E-state index in [4.69, 9.17) is 4.74 Å². The van der Waals surface area contributed by atoms with E-state index in [0.717, 1.165) is 17.0 Å². The minimum Gasteiger partial charge on any atom is -0.493 e. The van der Waals surface area contributed by atoms with Gasteiger partial charge in [-0.1, -0.05) is 37.6 Å². The summed E-state index contributed by atoms with van der Waals surface area (Å²) < 4.78 is 19.4. The Balaban J connectivity index is 1.99. The lowest BCUT2D eigenvalue weighted by Crippen LogP contribution is -2.05. The molecule has 2 aromatic rings. The molecule has 0 aromatic heterocycles. The number of hydrogen-bond donors (Lipinski definition) is 1. The fourth-order valence-electron chi connectivity index (χ4n) is 2.00. The van der Waals surface area contributed by atoms with Gasteiger partial charge in [0.15, 0.2) is 0 Å². The second-order valence-corrected chi connectivity index (χ2v) is 5.68. The molecule has 0 amide bonds. The van der Waals surface area contributed by atoms with E-state index in [9.17, 15) is 4.39 Å². The minimum absolute atomic E-state index is 0.180. The summed E-state index contributed by atoms with van der Waals surface area (Å²) >= 11 is 0. The van der Waals surface area contributed by atoms with Gasteiger partial charge in [0, 0.05) is 23.9 Å². The van der Waals surface area contributed by atoms with Crippen molar-refractivity contribution in [2.75, 3.05) is 11.9 Å². The van der Waals surface area contributed by atoms with Crippen LogP contribution in [0.3, 0.4) is 0 Å². The Labute approximate surface area is 126 Å². The van der Waals surface area contributed by atoms with E-state index in [-0.39, 0.29) is 5.82 Å². The number of benzene rings is 2. The normalized spacial score (nSPS) is 10.7. The Hall–Kier alpha value is -2.03. The van der Waals surface area contributed by atoms with Gasteiger partial charge in [-0.2, -0.15) is 0 Å². The highest BCUT2D eigenvalue weighted by atomic mass is 19.1. The highest BCUT2D eigenvalue weighted by Crippen LogP contribution is 2.19. The van der Waals surface area contributed by atoms with E-state index in [2.05, 4.69) is 19.2 Å². The molecule has 0 heterocycles. The number of rotatable bonds is 6. The molecule has 112 valence electrons. The van der Waals surface area contributed by atoms with Gasteiger partial charge in [0.05, 0.1) is 6.61 Å². The molecule has 2 rings (SSSR count). The Kier molecular flexibility index (Phi) is 5.20. The summed E-state index contributed by atoms with van der Waals surface area (Å²) in [5.74, 6) is 1.14. The van der Waals surface area contributed by atoms with Crippen LogP contribution in [-0.4, -0.2) is 6.61 Å². The third-order valence-electron chi connectivity index (χ3n) is 3.10. The van der Waals surface area contributed by atoms with Crippen LogP contribution in [0.15, 0.2) is 42.5 Å². The number of aryl methyl sites for hydroxylation is 1. The molecule has 2 nitrogen and oxygen atoms in total. The maximum absolute atomic E-state index is 13.7. The number of halogens is 1. The molecule has 1 N–H and O–H groups in total. The SMILES string of the molecule is Cc1ccc(F)c(CNc2cccc(OCC(C)C)c2)c1. The number of ether oxygens (including phenoxy) is 1. The molecule has 0 unspecified atom stereocenters. The number of nitrogens with one attached hydrogen (secondary N) is 1. The quantitative estimate of drug-likeness (QED) is 0.825. The van der Waals surface area contributed by atoms with Crippen molar-refractivity contribution in [1.82, 2.24) is 0 Å². The Morgan fingerprint density at radius 2 is 1.95 bits per heavy atom. The summed E-state index contributed by atoms with van der Waals surface area (Å²) in [4.78, 5) is 0. The van der Waals surface area contributed by atoms with Crippen LogP contribution in [0.1, 0.15) is 25.0 Å². The molecular weight excluding hydrogens is 265 g/mol. The zero-order valence-corrected chi connectivity index (χ0v) is 12.8. The molecule has 0 aliphatic carbocycles. The molecule has 0 aliphatic rings. The standard InChI is InChI=1S/C18H22FNO/c1-13(2)12-21-17-6-4-5-16(10-17)20-11-15-9-14(3)7-8-18(15)19/h4-10,13,20H,11-12H2,1-3H3. The van der Waals surface area contributed by atoms with Crippen LogP contribution >= 0.6 is 0 Å². The molecule has 0 aliphatic heterocycles. The van der Waals surface area contributed by atoms with E-state index in [1.54, 1.807) is 6.07 Å². The van der Waals surface area contributed by atoms with Gasteiger partial charge in [-0.05, 0) is 31.0 Å². The molecule has 0 atom stereocenters. The zero-order chi connectivity index (χ0) is 15.2. The number of anilines is 1. The van der Waals surface area contributed by atoms with Crippen LogP contribution in [-0.2, 0) is 6.54 Å². The third-order valence-corrected chi connectivity index (χ3v) is 3.10. The van der Waals surface area contributed by atoms with E-state index >= 15 is 0 Å². The lowest BCUT2D eigenvalue weighted by Gasteiger charge is -2.12. The lowest BCUT2D eigenvalue weighted by atomic mass is 10.1. The van der Waals surface area contributed by atoms with E-state index in [0.29, 0.717) is 24.6 Å². The van der Waals surface area contributed by atoms with E-state index in [1.165, 1.54) is 6.07 Å². The van der Waals surface area contributed by atoms with Crippen molar-refractivity contribution in [3.63, 3.8) is 0 Å². The first kappa shape index (κ1) is 15.4. The summed E-state index contributed by atoms with van der Waals surface area (Å²) in [7, 11) is 0. The molecule has 2 aromatic carbocycles. The van der Waals surface area contributed by atoms with Crippen LogP contribution in [0.4, 0.5) is 10.1 Å². The molecule has 0 fully saturated rings. The Morgan fingerprint density at radius 1 is 1.14 bits per heavy atom. The van der Waals surface area contributed by atoms with Crippen molar-refractivity contribution >= 4 is 5.69 Å². The van der Waals surface area contributed by atoms with Crippen molar-refractivity contribution in [3.8, 4) is 5.75 Å². The van der Waals surface area contributed by atoms with Crippen LogP contribution in [0.2, 0.25) is 0 Å². The van der Waals surface area contributed by atoms with Crippen LogP contribution in [0.25, 0.3) is 0 Å². The molecule has 0 bridgehead atoms. The van der Waals surface area contributed by atoms with Gasteiger partial charge >= 0.3 is 0 Å². The molecule has 3 heteroatoms. The fourth-order valence-corrected chi connectivity index (χ4v) is 2.00. The van der Waals surface area contributed by atoms with Gasteiger partial charge in [-0.3, -0.25) is 0 Å². The molecule has 21 heavy (non-hydrogen) atoms. The lowest BCUT2D eigenvalue weighted by molar-refractivity contribution is 0.271. The highest BCUT2D eigenvalue weighted by molar-refractivity contribution is 5.48. The second-order valence-electron chi connectivity index (χ2n) is 5.68. The summed E-state index contributed by atoms with van der Waals surface area (Å²) in [6.45, 7) is 7.34. The Bertz CT molecular complexity index is 596. The van der Waals surface area contributed by atoms with Gasteiger partial charge in [0.2, 0.25) is 0 Å². The molecule has 0 saturated heterocycles. The van der Waals surface area contributed by atoms with Gasteiger partial charge in [0.25, 0.3) is 0 Å². The maximum atomic E-state index is 13.7. The number of hydrogen-bond acceptors (Lipinski definition) is 2. The van der Waals surface area contributed by atoms with E-state index in [1.807, 2.05) is 37.3 Å². The average Bonchev–Trinajstić information content (AvgIpc) is 2.46. The topological polar surface area (TPSA) is 21.3 Å². The molecule has 0 radical (unpaired) electrons. The van der Waals surface area contributed by atoms with Crippen molar-refractivity contribution in [1.29, 1.82) is 0 Å². The predicted octanol–water partition coefficient (Wildman–Crippen LogP) is 4.78. The summed E-state index contributed by atoms with van der Waals surface area (Å²) in [5, 5.41) is 3.24. The maximum Gasteiger partial charge on any atom is 0.128 e. The first-order valence-electron chi connectivity index (χ1n) is 7.26. The summed E-state index contributed by atoms with van der Waals surface area (Å²) in [5.41, 5.74) is 2.66. The first-order chi connectivity index (χ1) is 10.0. The van der Waals surface area contributed by atoms with Crippen LogP contribution < -0.4 is 10.1 Å². The summed E-state index contributed by atoms with van der Waals surface area (Å²) in [6.07, 6.45) is 0. The van der Waals surface area contributed by atoms with Gasteiger partial charge in [0.1, 0.15) is 11.6 Å². The Morgan fingerprint density at radius 3 is 2.71 bits per heavy atom. The van der Waals surface area contributed by atoms with Gasteiger partial charge in [-0.15, -0.1) is 0 Å². The van der Waals surface area contributed by atoms with Crippen molar-refractivity contribution in [2.45, 2.75) is 27.3 Å². The monoisotopic (exact) mass is 287 g/mol. The average molecular weight is 287 g/mol. The highest BCUT2D eigenvalue weighted by Gasteiger charge is 2.03. The van der Waals surface area contributed by atoms with Crippen LogP contribution in [0.5, 0.6) is 5.75 Å². The largest absolute Gasteiger partial charge is 0.493 e. The van der Waals surface area contributed by atoms with Crippen LogP contribution in [0, 0.1) is 18.7 Å². The predicted molar refractivity (Wildman–Crippen MR) is 85.2 cm³/mol. The van der Waals surface area contributed by atoms with Gasteiger partial charge in [-0.25, -0.2) is 4.39 Å². The van der Waals surface area contributed by atoms with E-state index < -0.39 is 0 Å². The minimum atomic E-state index is -0.180.